The standard InChI is InChI=1S/C50H80ClN3O9/c1-7-10-11-12-13-14-15-16-17-20-28-52-47(57)61-38-25-26-43-41(35-38)45-39(24-19-22-31-56)37(23-18-21-30-55)34-40-42(53-63-49(4,5)6)36-44(50(62-43,46(40)45)60-32-9-3)54(29-8-2)48(58)59-33-27-51/h9,25-26,34-35,37,39,44-46,55-56H,3,7-8,10-24,27-33,36H2,1-2,4-6H3,(H,52,57)/t37-,39+,44-,45+,46+,50+/m0/s1. The monoisotopic (exact) mass is 902 g/mol. The Morgan fingerprint density at radius 3 is 2.29 bits per heavy atom. The number of nitrogens with one attached hydrogen (secondary N) is 1. The molecule has 0 saturated heterocycles. The number of allylic oxidation sites excluding steroid dienone is 1. The van der Waals surface area contributed by atoms with Crippen LogP contribution in [0.15, 0.2) is 47.7 Å². The fourth-order valence-corrected chi connectivity index (χ4v) is 9.75. The Bertz CT molecular complexity index is 1620. The molecule has 0 radical (unpaired) electrons. The van der Waals surface area contributed by atoms with Gasteiger partial charge in [-0.1, -0.05) is 102 Å². The molecule has 1 aliphatic heterocycles. The van der Waals surface area contributed by atoms with E-state index in [1.54, 1.807) is 17.0 Å². The number of oxime groups is 1. The van der Waals surface area contributed by atoms with Gasteiger partial charge >= 0.3 is 12.2 Å². The molecule has 3 N–H and O–H groups in total. The fourth-order valence-electron chi connectivity index (χ4n) is 9.67. The Labute approximate surface area is 383 Å². The highest BCUT2D eigenvalue weighted by atomic mass is 35.5. The molecule has 0 spiro atoms. The van der Waals surface area contributed by atoms with Crippen LogP contribution in [0.5, 0.6) is 11.5 Å². The zero-order valence-corrected chi connectivity index (χ0v) is 39.9. The van der Waals surface area contributed by atoms with Crippen molar-refractivity contribution in [2.75, 3.05) is 45.4 Å². The number of hydrogen-bond acceptors (Lipinski definition) is 10. The lowest BCUT2D eigenvalue weighted by Crippen LogP contribution is -2.70. The molecule has 1 aromatic carbocycles. The van der Waals surface area contributed by atoms with Gasteiger partial charge in [0.25, 0.3) is 0 Å². The molecule has 1 heterocycles. The molecule has 2 aliphatic carbocycles. The molecular weight excluding hydrogens is 822 g/mol. The first-order valence-corrected chi connectivity index (χ1v) is 24.7. The van der Waals surface area contributed by atoms with Crippen molar-refractivity contribution in [3.8, 4) is 11.5 Å². The molecule has 0 unspecified atom stereocenters. The topological polar surface area (TPSA) is 148 Å². The van der Waals surface area contributed by atoms with Gasteiger partial charge in [0.1, 0.15) is 29.7 Å². The minimum absolute atomic E-state index is 0.0186. The summed E-state index contributed by atoms with van der Waals surface area (Å²) in [6.45, 7) is 15.4. The number of rotatable bonds is 29. The SMILES string of the molecule is C=CCO[C@@]12Oc3ccc(OC(=O)NCCCCCCCCCCCC)cc3[C@H]3[C@H](CCCCO)[C@@H](CCCCO)C=C(C(=NOC(C)(C)C)C[C@@H]1N(CCC)C(=O)OCCCl)[C@H]32. The summed E-state index contributed by atoms with van der Waals surface area (Å²) in [5.41, 5.74) is 1.89. The maximum Gasteiger partial charge on any atom is 0.412 e. The third-order valence-electron chi connectivity index (χ3n) is 12.5. The van der Waals surface area contributed by atoms with Gasteiger partial charge in [-0.25, -0.2) is 9.59 Å². The minimum atomic E-state index is -1.42. The molecule has 1 aromatic rings. The van der Waals surface area contributed by atoms with E-state index in [0.29, 0.717) is 49.6 Å². The third kappa shape index (κ3) is 15.1. The highest BCUT2D eigenvalue weighted by molar-refractivity contribution is 6.18. The maximum absolute atomic E-state index is 14.1. The lowest BCUT2D eigenvalue weighted by molar-refractivity contribution is -0.255. The minimum Gasteiger partial charge on any atom is -0.459 e. The Hall–Kier alpha value is -3.32. The van der Waals surface area contributed by atoms with E-state index in [1.165, 1.54) is 44.9 Å². The molecule has 1 fully saturated rings. The summed E-state index contributed by atoms with van der Waals surface area (Å²) in [5.74, 6) is -0.994. The Morgan fingerprint density at radius 2 is 1.65 bits per heavy atom. The van der Waals surface area contributed by atoms with E-state index >= 15 is 0 Å². The second-order valence-corrected chi connectivity index (χ2v) is 18.8. The molecule has 0 bridgehead atoms. The highest BCUT2D eigenvalue weighted by Crippen LogP contribution is 2.62. The number of aliphatic hydroxyl groups excluding tert-OH is 2. The third-order valence-corrected chi connectivity index (χ3v) is 12.6. The average molecular weight is 903 g/mol. The number of carbonyl (C=O) groups excluding carboxylic acids is 2. The van der Waals surface area contributed by atoms with Crippen molar-refractivity contribution in [1.29, 1.82) is 0 Å². The zero-order chi connectivity index (χ0) is 45.7. The van der Waals surface area contributed by atoms with Crippen LogP contribution in [0.25, 0.3) is 0 Å². The number of benzene rings is 1. The quantitative estimate of drug-likeness (QED) is 0.0309. The van der Waals surface area contributed by atoms with Gasteiger partial charge in [0.15, 0.2) is 0 Å². The van der Waals surface area contributed by atoms with Crippen LogP contribution < -0.4 is 14.8 Å². The van der Waals surface area contributed by atoms with Crippen molar-refractivity contribution >= 4 is 29.5 Å². The van der Waals surface area contributed by atoms with Gasteiger partial charge in [-0.05, 0) is 94.9 Å². The molecule has 3 aliphatic rings. The zero-order valence-electron chi connectivity index (χ0n) is 39.2. The first-order valence-electron chi connectivity index (χ1n) is 24.2. The van der Waals surface area contributed by atoms with Crippen molar-refractivity contribution in [2.45, 2.75) is 174 Å². The Kier molecular flexibility index (Phi) is 22.6. The number of alkyl halides is 1. The number of amides is 2. The molecule has 0 aromatic heterocycles. The second kappa shape index (κ2) is 27.2. The molecular formula is C50H80ClN3O9. The lowest BCUT2D eigenvalue weighted by Gasteiger charge is -2.60. The van der Waals surface area contributed by atoms with E-state index in [2.05, 4.69) is 24.9 Å². The predicted molar refractivity (Wildman–Crippen MR) is 251 cm³/mol. The van der Waals surface area contributed by atoms with Crippen molar-refractivity contribution < 1.29 is 43.6 Å². The first kappa shape index (κ1) is 52.3. The van der Waals surface area contributed by atoms with Crippen LogP contribution in [0, 0.1) is 17.8 Å². The summed E-state index contributed by atoms with van der Waals surface area (Å²) in [6, 6.07) is 4.81. The van der Waals surface area contributed by atoms with Gasteiger partial charge in [0.2, 0.25) is 5.79 Å². The van der Waals surface area contributed by atoms with Crippen molar-refractivity contribution in [2.24, 2.45) is 22.9 Å². The number of ether oxygens (including phenoxy) is 4. The largest absolute Gasteiger partial charge is 0.459 e. The average Bonchev–Trinajstić information content (AvgIpc) is 3.26. The summed E-state index contributed by atoms with van der Waals surface area (Å²) in [4.78, 5) is 35.3. The predicted octanol–water partition coefficient (Wildman–Crippen LogP) is 11.2. The maximum atomic E-state index is 14.1. The van der Waals surface area contributed by atoms with E-state index in [1.807, 2.05) is 39.8 Å². The number of aliphatic hydroxyl groups is 2. The molecule has 4 rings (SSSR count). The van der Waals surface area contributed by atoms with Gasteiger partial charge < -0.3 is 39.3 Å². The molecule has 2 amide bonds. The number of unbranched alkanes of at least 4 members (excludes halogenated alkanes) is 11. The summed E-state index contributed by atoms with van der Waals surface area (Å²) in [5, 5.41) is 27.6. The van der Waals surface area contributed by atoms with Gasteiger partial charge in [-0.15, -0.1) is 18.2 Å². The summed E-state index contributed by atoms with van der Waals surface area (Å²) in [7, 11) is 0. The lowest BCUT2D eigenvalue weighted by atomic mass is 9.55. The van der Waals surface area contributed by atoms with Crippen molar-refractivity contribution in [1.82, 2.24) is 10.2 Å². The highest BCUT2D eigenvalue weighted by Gasteiger charge is 2.65. The molecule has 356 valence electrons. The first-order chi connectivity index (χ1) is 30.5. The number of fused-ring (bicyclic) bond motifs is 2. The number of nitrogens with zero attached hydrogens (tertiary/aromatic N) is 2. The van der Waals surface area contributed by atoms with E-state index in [4.69, 9.17) is 40.5 Å². The summed E-state index contributed by atoms with van der Waals surface area (Å²) in [6.07, 6.45) is 20.5. The summed E-state index contributed by atoms with van der Waals surface area (Å²) < 4.78 is 26.0. The number of carbonyl (C=O) groups is 2. The van der Waals surface area contributed by atoms with E-state index in [0.717, 1.165) is 56.1 Å². The number of halogens is 1. The smallest absolute Gasteiger partial charge is 0.412 e. The Balaban J connectivity index is 1.79. The van der Waals surface area contributed by atoms with Gasteiger partial charge in [-0.2, -0.15) is 0 Å². The van der Waals surface area contributed by atoms with Gasteiger partial charge in [0.05, 0.1) is 24.1 Å². The van der Waals surface area contributed by atoms with Crippen LogP contribution >= 0.6 is 11.6 Å². The van der Waals surface area contributed by atoms with E-state index < -0.39 is 35.5 Å². The molecule has 1 saturated carbocycles. The Morgan fingerprint density at radius 1 is 0.968 bits per heavy atom. The van der Waals surface area contributed by atoms with Gasteiger partial charge in [0, 0.05) is 44.2 Å². The fraction of sp³-hybridized carbons (Fsp3) is 0.740. The van der Waals surface area contributed by atoms with Crippen molar-refractivity contribution in [3.63, 3.8) is 0 Å². The van der Waals surface area contributed by atoms with Crippen LogP contribution in [0.1, 0.15) is 162 Å². The second-order valence-electron chi connectivity index (χ2n) is 18.5. The van der Waals surface area contributed by atoms with Crippen LogP contribution in [-0.2, 0) is 14.3 Å². The van der Waals surface area contributed by atoms with Crippen molar-refractivity contribution in [3.05, 3.63) is 48.1 Å². The summed E-state index contributed by atoms with van der Waals surface area (Å²) >= 11 is 6.02. The molecule has 13 heteroatoms. The molecule has 63 heavy (non-hydrogen) atoms. The van der Waals surface area contributed by atoms with Crippen LogP contribution in [0.4, 0.5) is 9.59 Å². The molecule has 6 atom stereocenters. The molecule has 12 nitrogen and oxygen atoms in total. The van der Waals surface area contributed by atoms with Crippen LogP contribution in [0.3, 0.4) is 0 Å². The van der Waals surface area contributed by atoms with Crippen LogP contribution in [-0.4, -0.2) is 95.8 Å². The van der Waals surface area contributed by atoms with E-state index in [9.17, 15) is 19.8 Å². The van der Waals surface area contributed by atoms with E-state index in [-0.39, 0.29) is 56.5 Å². The van der Waals surface area contributed by atoms with Gasteiger partial charge in [-0.3, -0.25) is 4.90 Å². The van der Waals surface area contributed by atoms with Crippen LogP contribution in [0.2, 0.25) is 0 Å². The normalized spacial score (nSPS) is 23.2. The number of hydrogen-bond donors (Lipinski definition) is 3.